The predicted molar refractivity (Wildman–Crippen MR) is 331 cm³/mol. The van der Waals surface area contributed by atoms with Crippen molar-refractivity contribution in [2.24, 2.45) is 0 Å². The third-order valence-corrected chi connectivity index (χ3v) is 15.4. The highest BCUT2D eigenvalue weighted by Gasteiger charge is 2.28. The van der Waals surface area contributed by atoms with Crippen molar-refractivity contribution in [3.05, 3.63) is 30.1 Å². The second kappa shape index (κ2) is 40.4. The van der Waals surface area contributed by atoms with E-state index in [9.17, 15) is 24.0 Å². The number of hydrogen-bond donors (Lipinski definition) is 3. The van der Waals surface area contributed by atoms with E-state index in [0.29, 0.717) is 42.8 Å². The molecule has 2 atom stereocenters. The molecule has 1 unspecified atom stereocenters. The number of hydrogen-bond acceptors (Lipinski definition) is 13. The maximum atomic E-state index is 14.1. The Labute approximate surface area is 492 Å². The zero-order valence-electron chi connectivity index (χ0n) is 51.9. The molecule has 2 heterocycles. The summed E-state index contributed by atoms with van der Waals surface area (Å²) in [5, 5.41) is 6.62. The van der Waals surface area contributed by atoms with Gasteiger partial charge in [0.05, 0.1) is 17.6 Å². The van der Waals surface area contributed by atoms with Crippen molar-refractivity contribution in [3.63, 3.8) is 0 Å². The Bertz CT molecular complexity index is 2260. The van der Waals surface area contributed by atoms with Crippen LogP contribution in [0.5, 0.6) is 0 Å². The molecule has 2 aromatic heterocycles. The fourth-order valence-electron chi connectivity index (χ4n) is 9.78. The van der Waals surface area contributed by atoms with E-state index < -0.39 is 41.4 Å². The minimum atomic E-state index is -1.02. The monoisotopic (exact) mass is 1150 g/mol. The number of nitrogens with zero attached hydrogens (tertiary/aromatic N) is 4. The molecule has 460 valence electrons. The van der Waals surface area contributed by atoms with E-state index in [0.717, 1.165) is 55.8 Å². The first-order valence-electron chi connectivity index (χ1n) is 31.6. The van der Waals surface area contributed by atoms with Crippen LogP contribution in [0.25, 0.3) is 21.9 Å². The summed E-state index contributed by atoms with van der Waals surface area (Å²) >= 11 is 1.32. The van der Waals surface area contributed by atoms with Gasteiger partial charge < -0.3 is 44.8 Å². The van der Waals surface area contributed by atoms with E-state index in [1.807, 2.05) is 56.5 Å². The lowest BCUT2D eigenvalue weighted by Gasteiger charge is -2.26. The van der Waals surface area contributed by atoms with E-state index in [2.05, 4.69) is 29.5 Å². The number of thioether (sulfide) groups is 1. The summed E-state index contributed by atoms with van der Waals surface area (Å²) in [6, 6.07) is 6.65. The molecule has 0 fully saturated rings. The van der Waals surface area contributed by atoms with Gasteiger partial charge in [0.25, 0.3) is 0 Å². The van der Waals surface area contributed by atoms with Gasteiger partial charge in [0.1, 0.15) is 41.3 Å². The Morgan fingerprint density at radius 3 is 1.67 bits per heavy atom. The molecule has 3 rings (SSSR count). The van der Waals surface area contributed by atoms with E-state index in [4.69, 9.17) is 29.7 Å². The first-order chi connectivity index (χ1) is 38.8. The van der Waals surface area contributed by atoms with Gasteiger partial charge in [-0.2, -0.15) is 11.8 Å². The van der Waals surface area contributed by atoms with E-state index in [-0.39, 0.29) is 55.4 Å². The second-order valence-corrected chi connectivity index (χ2v) is 25.1. The summed E-state index contributed by atoms with van der Waals surface area (Å²) in [5.74, 6) is 0.114. The molecule has 1 aromatic carbocycles. The molecule has 0 saturated carbocycles. The van der Waals surface area contributed by atoms with Crippen LogP contribution in [0.3, 0.4) is 0 Å². The van der Waals surface area contributed by atoms with Crippen molar-refractivity contribution in [1.82, 2.24) is 30.1 Å². The number of para-hydroxylation sites is 1. The predicted octanol–water partition coefficient (Wildman–Crippen LogP) is 15.5. The minimum Gasteiger partial charge on any atom is -0.462 e. The number of carbonyl (C=O) groups excluding carboxylic acids is 5. The minimum absolute atomic E-state index is 0.0965. The summed E-state index contributed by atoms with van der Waals surface area (Å²) < 4.78 is 25.0. The summed E-state index contributed by atoms with van der Waals surface area (Å²) in [6.07, 6.45) is 30.5. The number of nitrogen functional groups attached to an aromatic ring is 1. The number of nitrogens with one attached hydrogen (secondary N) is 2. The van der Waals surface area contributed by atoms with Crippen molar-refractivity contribution < 1.29 is 42.9 Å². The molecule has 0 saturated heterocycles. The standard InChI is InChI=1S/C64H109N7O9S/c1-10-13-15-17-19-21-23-25-27-29-31-33-35-42-55(72)77-47-50(78-56(73)43-36-34-32-30-28-26-24-22-20-18-16-14-11-2)48-81-49-53(68-61(75)79-63(4,5)6)60(74)66-44-39-45-71-54(46-70(12-3)62(76)80-64(7,8)9)69-57-58(71)51-40-37-38-41-52(51)67-59(57)65/h37-38,40-41,50,53H,10-36,39,42-49H2,1-9H3,(H2,65,67)(H,66,74)(H,68,75)/t50-,53?/m1/s1. The second-order valence-electron chi connectivity index (χ2n) is 24.0. The van der Waals surface area contributed by atoms with Crippen molar-refractivity contribution in [2.75, 3.05) is 36.9 Å². The number of carbonyl (C=O) groups is 5. The zero-order chi connectivity index (χ0) is 59.3. The maximum absolute atomic E-state index is 14.1. The fourth-order valence-corrected chi connectivity index (χ4v) is 10.8. The van der Waals surface area contributed by atoms with Crippen molar-refractivity contribution in [3.8, 4) is 0 Å². The zero-order valence-corrected chi connectivity index (χ0v) is 52.7. The van der Waals surface area contributed by atoms with Crippen LogP contribution >= 0.6 is 11.8 Å². The van der Waals surface area contributed by atoms with Gasteiger partial charge in [-0.05, 0) is 73.8 Å². The largest absolute Gasteiger partial charge is 0.462 e. The summed E-state index contributed by atoms with van der Waals surface area (Å²) in [4.78, 5) is 78.0. The summed E-state index contributed by atoms with van der Waals surface area (Å²) in [5.41, 5.74) is 6.98. The molecule has 0 aliphatic heterocycles. The Hall–Kier alpha value is -4.80. The highest BCUT2D eigenvalue weighted by atomic mass is 32.2. The lowest BCUT2D eigenvalue weighted by atomic mass is 10.0. The van der Waals surface area contributed by atoms with Gasteiger partial charge in [0.2, 0.25) is 5.91 Å². The van der Waals surface area contributed by atoms with Crippen molar-refractivity contribution in [1.29, 1.82) is 0 Å². The summed E-state index contributed by atoms with van der Waals surface area (Å²) in [7, 11) is 0. The van der Waals surface area contributed by atoms with Crippen LogP contribution in [0.15, 0.2) is 24.3 Å². The van der Waals surface area contributed by atoms with Crippen LogP contribution in [-0.4, -0.2) is 104 Å². The number of pyridine rings is 1. The summed E-state index contributed by atoms with van der Waals surface area (Å²) in [6.45, 7) is 18.2. The molecular weight excluding hydrogens is 1040 g/mol. The van der Waals surface area contributed by atoms with Gasteiger partial charge in [-0.15, -0.1) is 0 Å². The number of nitrogens with two attached hydrogens (primary N) is 1. The molecule has 0 aliphatic carbocycles. The molecule has 17 heteroatoms. The van der Waals surface area contributed by atoms with Crippen LogP contribution in [0, 0.1) is 0 Å². The number of anilines is 1. The van der Waals surface area contributed by atoms with Crippen LogP contribution in [0.1, 0.15) is 254 Å². The average Bonchev–Trinajstić information content (AvgIpc) is 4.07. The number of alkyl carbamates (subject to hydrolysis) is 1. The lowest BCUT2D eigenvalue weighted by molar-refractivity contribution is -0.157. The van der Waals surface area contributed by atoms with E-state index >= 15 is 0 Å². The van der Waals surface area contributed by atoms with Gasteiger partial charge in [0, 0.05) is 49.4 Å². The molecule has 0 aliphatic rings. The molecule has 0 radical (unpaired) electrons. The van der Waals surface area contributed by atoms with Gasteiger partial charge >= 0.3 is 24.1 Å². The highest BCUT2D eigenvalue weighted by Crippen LogP contribution is 2.30. The lowest BCUT2D eigenvalue weighted by Crippen LogP contribution is -2.50. The Balaban J connectivity index is 1.64. The molecule has 0 spiro atoms. The fraction of sp³-hybridized carbons (Fsp3) is 0.766. The Morgan fingerprint density at radius 2 is 1.15 bits per heavy atom. The van der Waals surface area contributed by atoms with Crippen LogP contribution in [0.2, 0.25) is 0 Å². The number of aromatic nitrogens is 3. The first kappa shape index (κ1) is 70.5. The number of imidazole rings is 1. The SMILES string of the molecule is CCCCCCCCCCCCCCCC(=O)OC[C@H](CSCC(NC(=O)OC(C)(C)C)C(=O)NCCCn1c(CN(CC)C(=O)OC(C)(C)C)nc2c(N)nc3ccccc3c21)OC(=O)CCCCCCCCCCCCCCC. The molecule has 0 bridgehead atoms. The third kappa shape index (κ3) is 30.9. The van der Waals surface area contributed by atoms with Crippen molar-refractivity contribution >= 4 is 69.5 Å². The van der Waals surface area contributed by atoms with Gasteiger partial charge in [-0.25, -0.2) is 19.6 Å². The first-order valence-corrected chi connectivity index (χ1v) is 32.7. The van der Waals surface area contributed by atoms with Crippen LogP contribution < -0.4 is 16.4 Å². The van der Waals surface area contributed by atoms with Gasteiger partial charge in [-0.3, -0.25) is 14.4 Å². The van der Waals surface area contributed by atoms with Crippen molar-refractivity contribution in [2.45, 2.75) is 285 Å². The number of amides is 3. The number of aryl methyl sites for hydroxylation is 1. The van der Waals surface area contributed by atoms with E-state index in [1.165, 1.54) is 134 Å². The molecule has 4 N–H and O–H groups in total. The van der Waals surface area contributed by atoms with Crippen LogP contribution in [-0.2, 0) is 46.4 Å². The molecule has 3 amide bonds. The normalized spacial score (nSPS) is 12.6. The average molecular weight is 1150 g/mol. The molecular formula is C64H109N7O9S. The quantitative estimate of drug-likeness (QED) is 0.0274. The molecule has 81 heavy (non-hydrogen) atoms. The Morgan fingerprint density at radius 1 is 0.642 bits per heavy atom. The molecule has 3 aromatic rings. The van der Waals surface area contributed by atoms with Crippen LogP contribution in [0.4, 0.5) is 15.4 Å². The number of rotatable bonds is 44. The topological polar surface area (TPSA) is 206 Å². The van der Waals surface area contributed by atoms with Gasteiger partial charge in [0.15, 0.2) is 5.82 Å². The van der Waals surface area contributed by atoms with E-state index in [1.54, 1.807) is 25.7 Å². The smallest absolute Gasteiger partial charge is 0.410 e. The number of benzene rings is 1. The number of fused-ring (bicyclic) bond motifs is 3. The number of unbranched alkanes of at least 4 members (excludes halogenated alkanes) is 24. The third-order valence-electron chi connectivity index (χ3n) is 14.2. The Kier molecular flexibility index (Phi) is 35.2. The maximum Gasteiger partial charge on any atom is 0.410 e. The molecule has 16 nitrogen and oxygen atoms in total. The van der Waals surface area contributed by atoms with Gasteiger partial charge in [-0.1, -0.05) is 186 Å². The highest BCUT2D eigenvalue weighted by molar-refractivity contribution is 7.99. The number of ether oxygens (including phenoxy) is 4. The number of esters is 2.